The summed E-state index contributed by atoms with van der Waals surface area (Å²) in [4.78, 5) is 11.7. The molecule has 0 radical (unpaired) electrons. The smallest absolute Gasteiger partial charge is 0.221 e. The minimum absolute atomic E-state index is 0.123. The number of hydrogen-bond donors (Lipinski definition) is 1. The topological polar surface area (TPSA) is 46.2 Å². The van der Waals surface area contributed by atoms with Crippen molar-refractivity contribution in [3.05, 3.63) is 23.8 Å². The van der Waals surface area contributed by atoms with Crippen molar-refractivity contribution < 1.29 is 9.00 Å². The van der Waals surface area contributed by atoms with E-state index in [1.54, 1.807) is 6.07 Å². The Morgan fingerprint density at radius 2 is 2.29 bits per heavy atom. The van der Waals surface area contributed by atoms with Crippen LogP contribution in [0.25, 0.3) is 0 Å². The highest BCUT2D eigenvalue weighted by Crippen LogP contribution is 2.29. The minimum Gasteiger partial charge on any atom is -0.325 e. The summed E-state index contributed by atoms with van der Waals surface area (Å²) in [6.45, 7) is 1.46. The highest BCUT2D eigenvalue weighted by molar-refractivity contribution is 7.85. The van der Waals surface area contributed by atoms with Gasteiger partial charge in [0.05, 0.1) is 21.4 Å². The average molecular weight is 209 g/mol. The van der Waals surface area contributed by atoms with Crippen LogP contribution >= 0.6 is 0 Å². The van der Waals surface area contributed by atoms with Gasteiger partial charge in [-0.05, 0) is 18.1 Å². The van der Waals surface area contributed by atoms with Gasteiger partial charge >= 0.3 is 0 Å². The van der Waals surface area contributed by atoms with E-state index < -0.39 is 10.8 Å². The fourth-order valence-electron chi connectivity index (χ4n) is 1.64. The predicted molar refractivity (Wildman–Crippen MR) is 55.7 cm³/mol. The molecule has 0 spiro atoms. The quantitative estimate of drug-likeness (QED) is 0.758. The second-order valence-electron chi connectivity index (χ2n) is 3.27. The molecular formula is C10H11NO2S. The Morgan fingerprint density at radius 3 is 3.00 bits per heavy atom. The van der Waals surface area contributed by atoms with E-state index in [2.05, 4.69) is 5.32 Å². The first-order valence-electron chi connectivity index (χ1n) is 4.46. The van der Waals surface area contributed by atoms with E-state index in [1.165, 1.54) is 6.92 Å². The number of rotatable bonds is 1. The molecule has 0 saturated heterocycles. The van der Waals surface area contributed by atoms with Crippen LogP contribution in [0, 0.1) is 0 Å². The van der Waals surface area contributed by atoms with Crippen LogP contribution in [0.4, 0.5) is 5.69 Å². The van der Waals surface area contributed by atoms with E-state index in [1.807, 2.05) is 12.1 Å². The van der Waals surface area contributed by atoms with E-state index >= 15 is 0 Å². The zero-order valence-electron chi connectivity index (χ0n) is 7.87. The monoisotopic (exact) mass is 209 g/mol. The van der Waals surface area contributed by atoms with Crippen LogP contribution < -0.4 is 5.32 Å². The summed E-state index contributed by atoms with van der Waals surface area (Å²) in [7, 11) is -0.940. The Morgan fingerprint density at radius 1 is 1.50 bits per heavy atom. The van der Waals surface area contributed by atoms with Crippen LogP contribution in [-0.2, 0) is 22.0 Å². The summed E-state index contributed by atoms with van der Waals surface area (Å²) < 4.78 is 11.6. The second-order valence-corrected chi connectivity index (χ2v) is 4.78. The summed E-state index contributed by atoms with van der Waals surface area (Å²) in [5.74, 6) is 0.550. The third-order valence-corrected chi connectivity index (χ3v) is 3.70. The number of nitrogens with one attached hydrogen (secondary N) is 1. The first kappa shape index (κ1) is 9.40. The van der Waals surface area contributed by atoms with E-state index in [0.29, 0.717) is 11.4 Å². The Kier molecular flexibility index (Phi) is 2.37. The van der Waals surface area contributed by atoms with Crippen LogP contribution in [0.5, 0.6) is 0 Å². The molecule has 1 atom stereocenters. The predicted octanol–water partition coefficient (Wildman–Crippen LogP) is 1.31. The van der Waals surface area contributed by atoms with Crippen LogP contribution in [0.3, 0.4) is 0 Å². The molecule has 0 fully saturated rings. The Hall–Kier alpha value is -1.16. The summed E-state index contributed by atoms with van der Waals surface area (Å²) in [5, 5.41) is 2.70. The lowest BCUT2D eigenvalue weighted by Crippen LogP contribution is -2.08. The molecule has 3 nitrogen and oxygen atoms in total. The fourth-order valence-corrected chi connectivity index (χ4v) is 3.08. The summed E-state index contributed by atoms with van der Waals surface area (Å²) in [6.07, 6.45) is 0.843. The van der Waals surface area contributed by atoms with Crippen molar-refractivity contribution in [1.82, 2.24) is 0 Å². The van der Waals surface area contributed by atoms with Gasteiger partial charge in [-0.15, -0.1) is 0 Å². The largest absolute Gasteiger partial charge is 0.325 e. The maximum absolute atomic E-state index is 11.6. The molecule has 1 heterocycles. The normalized spacial score (nSPS) is 19.1. The molecule has 0 aromatic heterocycles. The van der Waals surface area contributed by atoms with Crippen LogP contribution in [0.1, 0.15) is 12.5 Å². The Labute approximate surface area is 85.0 Å². The van der Waals surface area contributed by atoms with Crippen molar-refractivity contribution in [1.29, 1.82) is 0 Å². The van der Waals surface area contributed by atoms with Gasteiger partial charge in [0.15, 0.2) is 0 Å². The molecule has 1 N–H and O–H groups in total. The molecular weight excluding hydrogens is 198 g/mol. The number of amides is 1. The average Bonchev–Trinajstić information content (AvgIpc) is 2.48. The number of carbonyl (C=O) groups is 1. The Balaban J connectivity index is 2.46. The molecule has 14 heavy (non-hydrogen) atoms. The van der Waals surface area contributed by atoms with Gasteiger partial charge in [0, 0.05) is 12.7 Å². The van der Waals surface area contributed by atoms with Gasteiger partial charge in [0.2, 0.25) is 5.91 Å². The van der Waals surface area contributed by atoms with E-state index in [4.69, 9.17) is 0 Å². The molecule has 1 aromatic carbocycles. The van der Waals surface area contributed by atoms with Gasteiger partial charge < -0.3 is 5.32 Å². The molecule has 0 bridgehead atoms. The SMILES string of the molecule is CC(=O)Nc1cccc2c1S(=O)CC2. The summed E-state index contributed by atoms with van der Waals surface area (Å²) in [5.41, 5.74) is 1.79. The number of fused-ring (bicyclic) bond motifs is 1. The molecule has 1 aromatic rings. The van der Waals surface area contributed by atoms with Gasteiger partial charge in [-0.2, -0.15) is 0 Å². The van der Waals surface area contributed by atoms with Gasteiger partial charge in [0.25, 0.3) is 0 Å². The van der Waals surface area contributed by atoms with Crippen LogP contribution in [0.2, 0.25) is 0 Å². The van der Waals surface area contributed by atoms with Crippen molar-refractivity contribution in [2.24, 2.45) is 0 Å². The summed E-state index contributed by atoms with van der Waals surface area (Å²) >= 11 is 0. The standard InChI is InChI=1S/C10H11NO2S/c1-7(12)11-9-4-2-3-8-5-6-14(13)10(8)9/h2-4H,5-6H2,1H3,(H,11,12). The molecule has 74 valence electrons. The van der Waals surface area contributed by atoms with E-state index in [0.717, 1.165) is 16.9 Å². The maximum Gasteiger partial charge on any atom is 0.221 e. The number of benzene rings is 1. The third kappa shape index (κ3) is 1.57. The minimum atomic E-state index is -0.940. The molecule has 2 rings (SSSR count). The van der Waals surface area contributed by atoms with Crippen LogP contribution in [0.15, 0.2) is 23.1 Å². The van der Waals surface area contributed by atoms with Crippen molar-refractivity contribution in [2.75, 3.05) is 11.1 Å². The second kappa shape index (κ2) is 3.53. The lowest BCUT2D eigenvalue weighted by Gasteiger charge is -2.06. The molecule has 0 aliphatic carbocycles. The molecule has 0 saturated carbocycles. The van der Waals surface area contributed by atoms with Crippen molar-refractivity contribution in [2.45, 2.75) is 18.2 Å². The van der Waals surface area contributed by atoms with Crippen molar-refractivity contribution in [3.63, 3.8) is 0 Å². The lowest BCUT2D eigenvalue weighted by molar-refractivity contribution is -0.114. The number of aryl methyl sites for hydroxylation is 1. The summed E-state index contributed by atoms with van der Waals surface area (Å²) in [6, 6.07) is 5.64. The highest BCUT2D eigenvalue weighted by Gasteiger charge is 2.21. The van der Waals surface area contributed by atoms with Crippen LogP contribution in [-0.4, -0.2) is 15.9 Å². The molecule has 1 aliphatic heterocycles. The zero-order valence-corrected chi connectivity index (χ0v) is 8.69. The Bertz CT molecular complexity index is 415. The van der Waals surface area contributed by atoms with Gasteiger partial charge in [-0.25, -0.2) is 0 Å². The van der Waals surface area contributed by atoms with Gasteiger partial charge in [-0.1, -0.05) is 12.1 Å². The van der Waals surface area contributed by atoms with Crippen molar-refractivity contribution >= 4 is 22.4 Å². The van der Waals surface area contributed by atoms with E-state index in [9.17, 15) is 9.00 Å². The molecule has 1 unspecified atom stereocenters. The molecule has 4 heteroatoms. The lowest BCUT2D eigenvalue weighted by atomic mass is 10.1. The maximum atomic E-state index is 11.6. The van der Waals surface area contributed by atoms with Crippen molar-refractivity contribution in [3.8, 4) is 0 Å². The third-order valence-electron chi connectivity index (χ3n) is 2.19. The first-order chi connectivity index (χ1) is 6.68. The molecule has 1 amide bonds. The number of anilines is 1. The molecule has 1 aliphatic rings. The first-order valence-corrected chi connectivity index (χ1v) is 5.78. The fraction of sp³-hybridized carbons (Fsp3) is 0.300. The van der Waals surface area contributed by atoms with Gasteiger partial charge in [0.1, 0.15) is 0 Å². The highest BCUT2D eigenvalue weighted by atomic mass is 32.2. The number of hydrogen-bond acceptors (Lipinski definition) is 2. The van der Waals surface area contributed by atoms with Gasteiger partial charge in [-0.3, -0.25) is 9.00 Å². The zero-order chi connectivity index (χ0) is 10.1. The number of carbonyl (C=O) groups excluding carboxylic acids is 1. The van der Waals surface area contributed by atoms with E-state index in [-0.39, 0.29) is 5.91 Å².